The van der Waals surface area contributed by atoms with Gasteiger partial charge in [0.15, 0.2) is 0 Å². The summed E-state index contributed by atoms with van der Waals surface area (Å²) < 4.78 is 0. The number of rotatable bonds is 1. The fourth-order valence-corrected chi connectivity index (χ4v) is 3.00. The minimum absolute atomic E-state index is 0.280. The number of para-hydroxylation sites is 1. The van der Waals surface area contributed by atoms with Gasteiger partial charge in [0.2, 0.25) is 0 Å². The molecule has 1 aromatic carbocycles. The molecule has 2 heterocycles. The molecular weight excluding hydrogens is 234 g/mol. The molecule has 3 rings (SSSR count). The van der Waals surface area contributed by atoms with Gasteiger partial charge in [-0.15, -0.1) is 0 Å². The lowest BCUT2D eigenvalue weighted by atomic mass is 9.98. The lowest BCUT2D eigenvalue weighted by Gasteiger charge is -2.31. The highest BCUT2D eigenvalue weighted by molar-refractivity contribution is 6.35. The monoisotopic (exact) mass is 249 g/mol. The van der Waals surface area contributed by atoms with E-state index in [1.54, 1.807) is 0 Å². The van der Waals surface area contributed by atoms with Crippen molar-refractivity contribution in [3.63, 3.8) is 0 Å². The van der Waals surface area contributed by atoms with Crippen molar-refractivity contribution in [3.8, 4) is 0 Å². The molecule has 1 aliphatic heterocycles. The zero-order valence-corrected chi connectivity index (χ0v) is 10.6. The van der Waals surface area contributed by atoms with Crippen LogP contribution in [-0.4, -0.2) is 30.0 Å². The van der Waals surface area contributed by atoms with E-state index in [0.717, 1.165) is 23.5 Å². The van der Waals surface area contributed by atoms with Crippen molar-refractivity contribution in [3.05, 3.63) is 34.5 Å². The molecule has 0 spiro atoms. The summed E-state index contributed by atoms with van der Waals surface area (Å²) in [7, 11) is 2.12. The maximum Gasteiger partial charge on any atom is 0.0648 e. The number of likely N-dealkylation sites (N-methyl/N-ethyl adjacent to an activating group) is 1. The molecular formula is C13H16ClN3. The van der Waals surface area contributed by atoms with E-state index >= 15 is 0 Å². The Labute approximate surface area is 106 Å². The van der Waals surface area contributed by atoms with E-state index in [9.17, 15) is 0 Å². The van der Waals surface area contributed by atoms with Crippen LogP contribution in [0.3, 0.4) is 0 Å². The third-order valence-corrected chi connectivity index (χ3v) is 4.04. The molecule has 0 amide bonds. The summed E-state index contributed by atoms with van der Waals surface area (Å²) >= 11 is 6.23. The van der Waals surface area contributed by atoms with Crippen molar-refractivity contribution < 1.29 is 0 Å². The first kappa shape index (κ1) is 11.1. The van der Waals surface area contributed by atoms with Crippen LogP contribution in [0.15, 0.2) is 18.2 Å². The van der Waals surface area contributed by atoms with Gasteiger partial charge < -0.3 is 10.7 Å². The van der Waals surface area contributed by atoms with E-state index in [2.05, 4.69) is 23.0 Å². The van der Waals surface area contributed by atoms with Crippen molar-refractivity contribution in [2.45, 2.75) is 12.5 Å². The van der Waals surface area contributed by atoms with Gasteiger partial charge in [0.05, 0.1) is 16.6 Å². The van der Waals surface area contributed by atoms with Crippen LogP contribution >= 0.6 is 11.6 Å². The van der Waals surface area contributed by atoms with Crippen molar-refractivity contribution >= 4 is 22.5 Å². The number of benzene rings is 1. The largest absolute Gasteiger partial charge is 0.356 e. The Hall–Kier alpha value is -1.03. The van der Waals surface area contributed by atoms with Gasteiger partial charge in [-0.25, -0.2) is 0 Å². The van der Waals surface area contributed by atoms with E-state index in [1.165, 1.54) is 16.6 Å². The van der Waals surface area contributed by atoms with Crippen molar-refractivity contribution in [2.24, 2.45) is 5.73 Å². The van der Waals surface area contributed by atoms with E-state index < -0.39 is 0 Å². The number of nitrogens with one attached hydrogen (secondary N) is 1. The first-order valence-electron chi connectivity index (χ1n) is 5.91. The van der Waals surface area contributed by atoms with Crippen LogP contribution in [0.1, 0.15) is 17.3 Å². The number of fused-ring (bicyclic) bond motifs is 3. The number of aromatic amines is 1. The zero-order chi connectivity index (χ0) is 12.0. The number of hydrogen-bond donors (Lipinski definition) is 2. The van der Waals surface area contributed by atoms with Gasteiger partial charge in [0.1, 0.15) is 0 Å². The van der Waals surface area contributed by atoms with Crippen LogP contribution in [0.25, 0.3) is 10.9 Å². The Kier molecular flexibility index (Phi) is 2.62. The van der Waals surface area contributed by atoms with Crippen molar-refractivity contribution in [2.75, 3.05) is 20.1 Å². The van der Waals surface area contributed by atoms with Crippen LogP contribution in [0.2, 0.25) is 5.02 Å². The van der Waals surface area contributed by atoms with E-state index in [4.69, 9.17) is 17.3 Å². The number of H-pyrrole nitrogens is 1. The molecule has 0 saturated heterocycles. The summed E-state index contributed by atoms with van der Waals surface area (Å²) in [4.78, 5) is 5.76. The number of aromatic nitrogens is 1. The summed E-state index contributed by atoms with van der Waals surface area (Å²) in [6, 6.07) is 6.35. The Morgan fingerprint density at radius 2 is 2.35 bits per heavy atom. The Bertz CT molecular complexity index is 561. The highest BCUT2D eigenvalue weighted by Crippen LogP contribution is 2.35. The second-order valence-corrected chi connectivity index (χ2v) is 5.07. The summed E-state index contributed by atoms with van der Waals surface area (Å²) in [6.45, 7) is 1.68. The molecule has 4 heteroatoms. The van der Waals surface area contributed by atoms with Crippen LogP contribution in [-0.2, 0) is 6.42 Å². The first-order valence-corrected chi connectivity index (χ1v) is 6.29. The van der Waals surface area contributed by atoms with E-state index in [1.807, 2.05) is 12.1 Å². The van der Waals surface area contributed by atoms with Gasteiger partial charge in [-0.05, 0) is 25.1 Å². The number of halogens is 1. The maximum atomic E-state index is 6.23. The average Bonchev–Trinajstić information content (AvgIpc) is 2.69. The van der Waals surface area contributed by atoms with Gasteiger partial charge >= 0.3 is 0 Å². The average molecular weight is 250 g/mol. The smallest absolute Gasteiger partial charge is 0.0648 e. The van der Waals surface area contributed by atoms with Crippen LogP contribution in [0.5, 0.6) is 0 Å². The highest BCUT2D eigenvalue weighted by Gasteiger charge is 2.27. The lowest BCUT2D eigenvalue weighted by Crippen LogP contribution is -2.36. The Balaban J connectivity index is 2.26. The second-order valence-electron chi connectivity index (χ2n) is 4.66. The molecule has 0 fully saturated rings. The molecule has 1 atom stereocenters. The summed E-state index contributed by atoms with van der Waals surface area (Å²) in [5.74, 6) is 0. The fourth-order valence-electron chi connectivity index (χ4n) is 2.77. The molecule has 3 nitrogen and oxygen atoms in total. The zero-order valence-electron chi connectivity index (χ0n) is 9.83. The van der Waals surface area contributed by atoms with Gasteiger partial charge in [0, 0.05) is 24.2 Å². The quantitative estimate of drug-likeness (QED) is 0.815. The summed E-state index contributed by atoms with van der Waals surface area (Å²) in [5.41, 5.74) is 9.55. The SMILES string of the molecule is CN1CCc2c([nH]c3c(Cl)cccc23)C1CN. The molecule has 1 aromatic heterocycles. The minimum atomic E-state index is 0.280. The molecule has 2 aromatic rings. The van der Waals surface area contributed by atoms with Gasteiger partial charge in [-0.3, -0.25) is 4.90 Å². The molecule has 0 saturated carbocycles. The normalized spacial score (nSPS) is 20.8. The predicted octanol–water partition coefficient (Wildman–Crippen LogP) is 2.31. The molecule has 3 N–H and O–H groups in total. The van der Waals surface area contributed by atoms with Gasteiger partial charge in [0.25, 0.3) is 0 Å². The number of nitrogens with zero attached hydrogens (tertiary/aromatic N) is 1. The highest BCUT2D eigenvalue weighted by atomic mass is 35.5. The predicted molar refractivity (Wildman–Crippen MR) is 71.4 cm³/mol. The molecule has 0 radical (unpaired) electrons. The Morgan fingerprint density at radius 1 is 1.53 bits per heavy atom. The van der Waals surface area contributed by atoms with Crippen LogP contribution in [0, 0.1) is 0 Å². The number of nitrogens with two attached hydrogens (primary N) is 1. The minimum Gasteiger partial charge on any atom is -0.356 e. The summed E-state index contributed by atoms with van der Waals surface area (Å²) in [5, 5.41) is 2.04. The second kappa shape index (κ2) is 4.02. The van der Waals surface area contributed by atoms with Crippen molar-refractivity contribution in [1.29, 1.82) is 0 Å². The Morgan fingerprint density at radius 3 is 3.12 bits per heavy atom. The third kappa shape index (κ3) is 1.58. The van der Waals surface area contributed by atoms with Gasteiger partial charge in [-0.2, -0.15) is 0 Å². The molecule has 0 aliphatic carbocycles. The first-order chi connectivity index (χ1) is 8.22. The topological polar surface area (TPSA) is 45.0 Å². The summed E-state index contributed by atoms with van der Waals surface area (Å²) in [6.07, 6.45) is 1.06. The van der Waals surface area contributed by atoms with Gasteiger partial charge in [-0.1, -0.05) is 23.7 Å². The molecule has 0 bridgehead atoms. The standard InChI is InChI=1S/C13H16ClN3/c1-17-6-5-9-8-3-2-4-10(14)12(8)16-13(9)11(17)7-15/h2-4,11,16H,5-7,15H2,1H3. The van der Waals surface area contributed by atoms with E-state index in [-0.39, 0.29) is 6.04 Å². The molecule has 90 valence electrons. The third-order valence-electron chi connectivity index (χ3n) is 3.73. The van der Waals surface area contributed by atoms with Crippen LogP contribution in [0.4, 0.5) is 0 Å². The fraction of sp³-hybridized carbons (Fsp3) is 0.385. The molecule has 1 aliphatic rings. The molecule has 1 unspecified atom stereocenters. The van der Waals surface area contributed by atoms with Crippen molar-refractivity contribution in [1.82, 2.24) is 9.88 Å². The van der Waals surface area contributed by atoms with Crippen LogP contribution < -0.4 is 5.73 Å². The van der Waals surface area contributed by atoms with E-state index in [0.29, 0.717) is 6.54 Å². The maximum absolute atomic E-state index is 6.23. The lowest BCUT2D eigenvalue weighted by molar-refractivity contribution is 0.233. The molecule has 17 heavy (non-hydrogen) atoms. The number of hydrogen-bond acceptors (Lipinski definition) is 2.